The maximum atomic E-state index is 12.9. The van der Waals surface area contributed by atoms with Gasteiger partial charge in [0.25, 0.3) is 0 Å². The molecule has 0 amide bonds. The highest BCUT2D eigenvalue weighted by Crippen LogP contribution is 2.62. The molecule has 156 valence electrons. The van der Waals surface area contributed by atoms with Gasteiger partial charge in [0.05, 0.1) is 6.61 Å². The van der Waals surface area contributed by atoms with Gasteiger partial charge in [-0.2, -0.15) is 0 Å². The summed E-state index contributed by atoms with van der Waals surface area (Å²) in [4.78, 5) is 15.4. The van der Waals surface area contributed by atoms with E-state index in [1.54, 1.807) is 0 Å². The van der Waals surface area contributed by atoms with E-state index in [9.17, 15) is 4.79 Å². The Morgan fingerprint density at radius 1 is 1.20 bits per heavy atom. The lowest BCUT2D eigenvalue weighted by molar-refractivity contribution is -0.138. The van der Waals surface area contributed by atoms with Gasteiger partial charge in [-0.3, -0.25) is 4.79 Å². The zero-order valence-corrected chi connectivity index (χ0v) is 17.6. The number of ketones is 1. The van der Waals surface area contributed by atoms with Crippen molar-refractivity contribution >= 4 is 5.78 Å². The average Bonchev–Trinajstić information content (AvgIpc) is 3.11. The molecule has 1 spiro atoms. The molecule has 2 aliphatic carbocycles. The summed E-state index contributed by atoms with van der Waals surface area (Å²) in [6.45, 7) is 1.75. The predicted molar refractivity (Wildman–Crippen MR) is 115 cm³/mol. The highest BCUT2D eigenvalue weighted by molar-refractivity contribution is 5.89. The number of benzene rings is 2. The first-order valence-corrected chi connectivity index (χ1v) is 11.4. The third-order valence-corrected chi connectivity index (χ3v) is 8.10. The van der Waals surface area contributed by atoms with Crippen molar-refractivity contribution in [3.63, 3.8) is 0 Å². The van der Waals surface area contributed by atoms with Crippen molar-refractivity contribution in [3.05, 3.63) is 59.2 Å². The van der Waals surface area contributed by atoms with Crippen molar-refractivity contribution in [3.8, 4) is 11.5 Å². The Kier molecular flexibility index (Phi) is 4.21. The number of carbonyl (C=O) groups is 1. The van der Waals surface area contributed by atoms with Crippen LogP contribution < -0.4 is 9.47 Å². The zero-order chi connectivity index (χ0) is 20.3. The number of hydrogen-bond donors (Lipinski definition) is 0. The van der Waals surface area contributed by atoms with Crippen molar-refractivity contribution < 1.29 is 14.3 Å². The molecule has 4 aliphatic rings. The van der Waals surface area contributed by atoms with Gasteiger partial charge in [-0.1, -0.05) is 30.3 Å². The van der Waals surface area contributed by atoms with Crippen LogP contribution in [-0.2, 0) is 23.1 Å². The van der Waals surface area contributed by atoms with Gasteiger partial charge in [0.1, 0.15) is 11.5 Å². The normalized spacial score (nSPS) is 31.2. The van der Waals surface area contributed by atoms with E-state index in [0.29, 0.717) is 30.8 Å². The van der Waals surface area contributed by atoms with Crippen LogP contribution in [0.5, 0.6) is 11.5 Å². The number of piperidine rings is 1. The summed E-state index contributed by atoms with van der Waals surface area (Å²) in [7, 11) is 2.24. The van der Waals surface area contributed by atoms with Gasteiger partial charge in [-0.25, -0.2) is 0 Å². The SMILES string of the molecule is CN1CC[C@@]23c4c5ccc(OCCCc6ccccc6)c4C[C@@H]1[C@@H]2CCC(=O)[C@@H]3O5. The first kappa shape index (κ1) is 18.4. The number of likely N-dealkylation sites (N-methyl/N-ethyl adjacent to an activating group) is 1. The monoisotopic (exact) mass is 403 g/mol. The first-order valence-electron chi connectivity index (χ1n) is 11.4. The number of hydrogen-bond acceptors (Lipinski definition) is 4. The second-order valence-electron chi connectivity index (χ2n) is 9.50. The standard InChI is InChI=1S/C26H29NO3/c1-27-14-13-26-19-9-10-21(28)25(26)30-23-12-11-22(18(24(23)26)16-20(19)27)29-15-5-8-17-6-3-2-4-7-17/h2-4,6-7,11-12,19-20,25H,5,8-10,13-16H2,1H3/t19-,20+,25-,26-/m0/s1. The van der Waals surface area contributed by atoms with Crippen LogP contribution in [0, 0.1) is 5.92 Å². The lowest BCUT2D eigenvalue weighted by Crippen LogP contribution is -2.65. The molecule has 2 bridgehead atoms. The van der Waals surface area contributed by atoms with Crippen molar-refractivity contribution in [2.75, 3.05) is 20.2 Å². The Morgan fingerprint density at radius 3 is 2.93 bits per heavy atom. The maximum absolute atomic E-state index is 12.9. The van der Waals surface area contributed by atoms with Gasteiger partial charge in [0, 0.05) is 29.0 Å². The van der Waals surface area contributed by atoms with E-state index < -0.39 is 0 Å². The van der Waals surface area contributed by atoms with E-state index in [0.717, 1.165) is 50.1 Å². The molecule has 4 nitrogen and oxygen atoms in total. The molecule has 1 saturated carbocycles. The molecule has 0 radical (unpaired) electrons. The molecule has 2 aliphatic heterocycles. The average molecular weight is 404 g/mol. The fourth-order valence-electron chi connectivity index (χ4n) is 6.76. The number of aryl methyl sites for hydroxylation is 1. The van der Waals surface area contributed by atoms with E-state index in [1.165, 1.54) is 16.7 Å². The highest BCUT2D eigenvalue weighted by Gasteiger charge is 2.65. The Labute approximate surface area is 178 Å². The smallest absolute Gasteiger partial charge is 0.174 e. The molecule has 30 heavy (non-hydrogen) atoms. The van der Waals surface area contributed by atoms with Gasteiger partial charge in [0.15, 0.2) is 11.9 Å². The van der Waals surface area contributed by atoms with Crippen LogP contribution in [0.2, 0.25) is 0 Å². The molecule has 6 rings (SSSR count). The minimum atomic E-state index is -0.283. The molecule has 2 heterocycles. The summed E-state index contributed by atoms with van der Waals surface area (Å²) >= 11 is 0. The van der Waals surface area contributed by atoms with Gasteiger partial charge in [-0.15, -0.1) is 0 Å². The Balaban J connectivity index is 1.31. The molecule has 2 aromatic rings. The number of nitrogens with zero attached hydrogens (tertiary/aromatic N) is 1. The second-order valence-corrected chi connectivity index (χ2v) is 9.50. The fourth-order valence-corrected chi connectivity index (χ4v) is 6.76. The molecule has 0 N–H and O–H groups in total. The Hall–Kier alpha value is -2.33. The maximum Gasteiger partial charge on any atom is 0.174 e. The molecule has 4 heteroatoms. The van der Waals surface area contributed by atoms with Gasteiger partial charge < -0.3 is 14.4 Å². The molecule has 2 aromatic carbocycles. The lowest BCUT2D eigenvalue weighted by Gasteiger charge is -2.57. The van der Waals surface area contributed by atoms with E-state index in [4.69, 9.17) is 9.47 Å². The van der Waals surface area contributed by atoms with Crippen molar-refractivity contribution in [1.82, 2.24) is 4.90 Å². The third-order valence-electron chi connectivity index (χ3n) is 8.10. The number of carbonyl (C=O) groups excluding carboxylic acids is 1. The minimum Gasteiger partial charge on any atom is -0.493 e. The molecule has 0 aromatic heterocycles. The first-order chi connectivity index (χ1) is 14.7. The molecular formula is C26H29NO3. The van der Waals surface area contributed by atoms with Crippen LogP contribution in [0.3, 0.4) is 0 Å². The van der Waals surface area contributed by atoms with E-state index >= 15 is 0 Å². The van der Waals surface area contributed by atoms with Gasteiger partial charge >= 0.3 is 0 Å². The van der Waals surface area contributed by atoms with Crippen LogP contribution in [0.4, 0.5) is 0 Å². The fraction of sp³-hybridized carbons (Fsp3) is 0.500. The van der Waals surface area contributed by atoms with Gasteiger partial charge in [0.2, 0.25) is 0 Å². The molecule has 1 saturated heterocycles. The quantitative estimate of drug-likeness (QED) is 0.709. The molecule has 2 fully saturated rings. The molecule has 4 atom stereocenters. The Bertz CT molecular complexity index is 987. The van der Waals surface area contributed by atoms with Crippen LogP contribution in [0.25, 0.3) is 0 Å². The van der Waals surface area contributed by atoms with Crippen molar-refractivity contribution in [2.45, 2.75) is 56.1 Å². The second kappa shape index (κ2) is 6.84. The number of ether oxygens (including phenoxy) is 2. The number of Topliss-reactive ketones (excluding diaryl/α,β-unsaturated/α-hetero) is 1. The Morgan fingerprint density at radius 2 is 2.07 bits per heavy atom. The number of likely N-dealkylation sites (tertiary alicyclic amines) is 1. The van der Waals surface area contributed by atoms with Crippen LogP contribution in [0.1, 0.15) is 42.4 Å². The van der Waals surface area contributed by atoms with Crippen molar-refractivity contribution in [1.29, 1.82) is 0 Å². The summed E-state index contributed by atoms with van der Waals surface area (Å²) in [5, 5.41) is 0. The number of rotatable bonds is 5. The summed E-state index contributed by atoms with van der Waals surface area (Å²) in [6.07, 6.45) is 5.41. The lowest BCUT2D eigenvalue weighted by atomic mass is 9.51. The van der Waals surface area contributed by atoms with E-state index in [1.807, 2.05) is 0 Å². The van der Waals surface area contributed by atoms with Crippen LogP contribution in [-0.4, -0.2) is 43.0 Å². The van der Waals surface area contributed by atoms with Crippen molar-refractivity contribution in [2.24, 2.45) is 5.92 Å². The largest absolute Gasteiger partial charge is 0.493 e. The summed E-state index contributed by atoms with van der Waals surface area (Å²) in [5.74, 6) is 2.75. The summed E-state index contributed by atoms with van der Waals surface area (Å²) in [5.41, 5.74) is 3.85. The minimum absolute atomic E-state index is 0.126. The topological polar surface area (TPSA) is 38.8 Å². The predicted octanol–water partition coefficient (Wildman–Crippen LogP) is 3.94. The molecule has 0 unspecified atom stereocenters. The zero-order valence-electron chi connectivity index (χ0n) is 17.6. The summed E-state index contributed by atoms with van der Waals surface area (Å²) in [6, 6.07) is 15.2. The summed E-state index contributed by atoms with van der Waals surface area (Å²) < 4.78 is 12.7. The van der Waals surface area contributed by atoms with E-state index in [-0.39, 0.29) is 11.5 Å². The van der Waals surface area contributed by atoms with Crippen LogP contribution >= 0.6 is 0 Å². The molecular weight excluding hydrogens is 374 g/mol. The van der Waals surface area contributed by atoms with E-state index in [2.05, 4.69) is 54.4 Å². The van der Waals surface area contributed by atoms with Crippen LogP contribution in [0.15, 0.2) is 42.5 Å². The van der Waals surface area contributed by atoms with Gasteiger partial charge in [-0.05, 0) is 69.3 Å². The third kappa shape index (κ3) is 2.52. The highest BCUT2D eigenvalue weighted by atomic mass is 16.5.